The lowest BCUT2D eigenvalue weighted by molar-refractivity contribution is 0.306. The van der Waals surface area contributed by atoms with Gasteiger partial charge in [-0.3, -0.25) is 0 Å². The maximum absolute atomic E-state index is 6.00. The zero-order chi connectivity index (χ0) is 23.3. The summed E-state index contributed by atoms with van der Waals surface area (Å²) in [5, 5.41) is 6.89. The predicted octanol–water partition coefficient (Wildman–Crippen LogP) is 7.49. The Kier molecular flexibility index (Phi) is 6.39. The minimum atomic E-state index is 0.567. The molecule has 0 aliphatic heterocycles. The molecule has 0 bridgehead atoms. The molecular formula is C30H29N3O. The van der Waals surface area contributed by atoms with Gasteiger partial charge in [0.2, 0.25) is 0 Å². The zero-order valence-corrected chi connectivity index (χ0v) is 19.7. The van der Waals surface area contributed by atoms with Gasteiger partial charge in [-0.05, 0) is 70.1 Å². The molecule has 170 valence electrons. The number of benzene rings is 4. The van der Waals surface area contributed by atoms with Gasteiger partial charge in [0, 0.05) is 11.9 Å². The van der Waals surface area contributed by atoms with Gasteiger partial charge in [-0.25, -0.2) is 9.97 Å². The number of hydrogen-bond donors (Lipinski definition) is 1. The van der Waals surface area contributed by atoms with E-state index in [1.807, 2.05) is 24.3 Å². The van der Waals surface area contributed by atoms with E-state index in [1.54, 1.807) is 6.33 Å². The molecule has 4 aromatic carbocycles. The lowest BCUT2D eigenvalue weighted by Gasteiger charge is -2.11. The Labute approximate surface area is 200 Å². The van der Waals surface area contributed by atoms with Crippen LogP contribution in [0, 0.1) is 5.92 Å². The highest BCUT2D eigenvalue weighted by Crippen LogP contribution is 2.30. The molecule has 0 radical (unpaired) electrons. The van der Waals surface area contributed by atoms with Crippen molar-refractivity contribution in [3.05, 3.63) is 96.8 Å². The van der Waals surface area contributed by atoms with Crippen molar-refractivity contribution in [3.63, 3.8) is 0 Å². The first-order valence-electron chi connectivity index (χ1n) is 11.9. The van der Waals surface area contributed by atoms with Crippen molar-refractivity contribution in [2.75, 3.05) is 11.9 Å². The van der Waals surface area contributed by atoms with Crippen molar-refractivity contribution in [2.24, 2.45) is 5.92 Å². The van der Waals surface area contributed by atoms with Gasteiger partial charge in [-0.1, -0.05) is 68.4 Å². The molecule has 4 heteroatoms. The lowest BCUT2D eigenvalue weighted by Crippen LogP contribution is -2.06. The van der Waals surface area contributed by atoms with Crippen molar-refractivity contribution < 1.29 is 4.74 Å². The Morgan fingerprint density at radius 3 is 2.41 bits per heavy atom. The van der Waals surface area contributed by atoms with Crippen LogP contribution >= 0.6 is 0 Å². The molecule has 1 aromatic heterocycles. The van der Waals surface area contributed by atoms with Gasteiger partial charge in [-0.2, -0.15) is 0 Å². The van der Waals surface area contributed by atoms with E-state index in [4.69, 9.17) is 4.74 Å². The fraction of sp³-hybridized carbons (Fsp3) is 0.200. The average molecular weight is 448 g/mol. The Bertz CT molecular complexity index is 1410. The van der Waals surface area contributed by atoms with Crippen LogP contribution in [0.15, 0.2) is 91.3 Å². The van der Waals surface area contributed by atoms with Crippen LogP contribution in [0.3, 0.4) is 0 Å². The fourth-order valence-electron chi connectivity index (χ4n) is 4.09. The Morgan fingerprint density at radius 2 is 1.56 bits per heavy atom. The molecule has 1 heterocycles. The molecule has 1 N–H and O–H groups in total. The molecule has 34 heavy (non-hydrogen) atoms. The predicted molar refractivity (Wildman–Crippen MR) is 141 cm³/mol. The molecule has 0 saturated carbocycles. The van der Waals surface area contributed by atoms with Crippen LogP contribution in [-0.2, 0) is 6.61 Å². The Morgan fingerprint density at radius 1 is 0.794 bits per heavy atom. The molecule has 4 nitrogen and oxygen atoms in total. The van der Waals surface area contributed by atoms with E-state index in [1.165, 1.54) is 10.9 Å². The molecule has 5 aromatic rings. The van der Waals surface area contributed by atoms with Crippen molar-refractivity contribution in [2.45, 2.75) is 26.9 Å². The van der Waals surface area contributed by atoms with Crippen molar-refractivity contribution in [1.82, 2.24) is 9.97 Å². The normalized spacial score (nSPS) is 11.3. The quantitative estimate of drug-likeness (QED) is 0.268. The second kappa shape index (κ2) is 9.92. The second-order valence-electron chi connectivity index (χ2n) is 9.06. The van der Waals surface area contributed by atoms with Gasteiger partial charge in [0.25, 0.3) is 0 Å². The number of nitrogens with one attached hydrogen (secondary N) is 1. The Hall–Kier alpha value is -3.92. The highest BCUT2D eigenvalue weighted by molar-refractivity contribution is 5.94. The molecule has 5 rings (SSSR count). The summed E-state index contributed by atoms with van der Waals surface area (Å²) in [5.74, 6) is 2.43. The number of hydrogen-bond acceptors (Lipinski definition) is 4. The van der Waals surface area contributed by atoms with Crippen LogP contribution in [-0.4, -0.2) is 16.5 Å². The minimum absolute atomic E-state index is 0.567. The van der Waals surface area contributed by atoms with Gasteiger partial charge in [0.1, 0.15) is 24.5 Å². The highest BCUT2D eigenvalue weighted by atomic mass is 16.5. The number of fused-ring (bicyclic) bond motifs is 2. The fourth-order valence-corrected chi connectivity index (χ4v) is 4.09. The number of nitrogens with zero attached hydrogens (tertiary/aromatic N) is 2. The topological polar surface area (TPSA) is 47.0 Å². The molecule has 0 amide bonds. The van der Waals surface area contributed by atoms with Crippen LogP contribution in [0.2, 0.25) is 0 Å². The maximum Gasteiger partial charge on any atom is 0.137 e. The molecule has 0 fully saturated rings. The standard InChI is InChI=1S/C30H29N3O/c1-21(2)14-15-31-30-28-18-26(11-13-29(28)32-20-33-30)23-8-9-25-17-27(12-10-24(25)16-23)34-19-22-6-4-3-5-7-22/h3-13,16-18,20-21H,14-15,19H2,1-2H3,(H,31,32,33). The molecule has 0 saturated heterocycles. The van der Waals surface area contributed by atoms with E-state index in [0.717, 1.165) is 51.9 Å². The van der Waals surface area contributed by atoms with Crippen LogP contribution in [0.25, 0.3) is 32.8 Å². The number of rotatable bonds is 8. The first kappa shape index (κ1) is 21.9. The first-order chi connectivity index (χ1) is 16.7. The molecule has 0 aliphatic rings. The van der Waals surface area contributed by atoms with Gasteiger partial charge in [-0.15, -0.1) is 0 Å². The van der Waals surface area contributed by atoms with Gasteiger partial charge < -0.3 is 10.1 Å². The van der Waals surface area contributed by atoms with E-state index in [0.29, 0.717) is 12.5 Å². The number of aromatic nitrogens is 2. The van der Waals surface area contributed by atoms with Crippen molar-refractivity contribution in [1.29, 1.82) is 0 Å². The number of anilines is 1. The maximum atomic E-state index is 6.00. The monoisotopic (exact) mass is 447 g/mol. The summed E-state index contributed by atoms with van der Waals surface area (Å²) in [4.78, 5) is 8.96. The summed E-state index contributed by atoms with van der Waals surface area (Å²) in [5.41, 5.74) is 4.44. The van der Waals surface area contributed by atoms with Crippen LogP contribution in [0.1, 0.15) is 25.8 Å². The molecule has 0 atom stereocenters. The van der Waals surface area contributed by atoms with E-state index >= 15 is 0 Å². The third-order valence-corrected chi connectivity index (χ3v) is 6.04. The number of ether oxygens (including phenoxy) is 1. The zero-order valence-electron chi connectivity index (χ0n) is 19.7. The third kappa shape index (κ3) is 5.01. The van der Waals surface area contributed by atoms with E-state index in [-0.39, 0.29) is 0 Å². The highest BCUT2D eigenvalue weighted by Gasteiger charge is 2.08. The second-order valence-corrected chi connectivity index (χ2v) is 9.06. The van der Waals surface area contributed by atoms with Crippen molar-refractivity contribution >= 4 is 27.5 Å². The summed E-state index contributed by atoms with van der Waals surface area (Å²) < 4.78 is 6.00. The lowest BCUT2D eigenvalue weighted by atomic mass is 10.00. The van der Waals surface area contributed by atoms with E-state index in [9.17, 15) is 0 Å². The average Bonchev–Trinajstić information content (AvgIpc) is 2.87. The molecular weight excluding hydrogens is 418 g/mol. The van der Waals surface area contributed by atoms with E-state index in [2.05, 4.69) is 89.8 Å². The van der Waals surface area contributed by atoms with Gasteiger partial charge in [0.15, 0.2) is 0 Å². The third-order valence-electron chi connectivity index (χ3n) is 6.04. The smallest absolute Gasteiger partial charge is 0.137 e. The van der Waals surface area contributed by atoms with Crippen LogP contribution in [0.5, 0.6) is 5.75 Å². The summed E-state index contributed by atoms with van der Waals surface area (Å²) in [6.45, 7) is 5.93. The summed E-state index contributed by atoms with van der Waals surface area (Å²) >= 11 is 0. The molecule has 0 spiro atoms. The van der Waals surface area contributed by atoms with E-state index < -0.39 is 0 Å². The van der Waals surface area contributed by atoms with Crippen LogP contribution in [0.4, 0.5) is 5.82 Å². The van der Waals surface area contributed by atoms with Gasteiger partial charge >= 0.3 is 0 Å². The first-order valence-corrected chi connectivity index (χ1v) is 11.9. The van der Waals surface area contributed by atoms with Gasteiger partial charge in [0.05, 0.1) is 5.52 Å². The minimum Gasteiger partial charge on any atom is -0.489 e. The molecule has 0 aliphatic carbocycles. The Balaban J connectivity index is 1.39. The van der Waals surface area contributed by atoms with Crippen molar-refractivity contribution in [3.8, 4) is 16.9 Å². The summed E-state index contributed by atoms with van der Waals surface area (Å²) in [6, 6.07) is 29.5. The van der Waals surface area contributed by atoms with Crippen LogP contribution < -0.4 is 10.1 Å². The SMILES string of the molecule is CC(C)CCNc1ncnc2ccc(-c3ccc4cc(OCc5ccccc5)ccc4c3)cc12. The summed E-state index contributed by atoms with van der Waals surface area (Å²) in [6.07, 6.45) is 2.74. The largest absolute Gasteiger partial charge is 0.489 e. The molecule has 0 unspecified atom stereocenters. The summed E-state index contributed by atoms with van der Waals surface area (Å²) in [7, 11) is 0.